The largest absolute Gasteiger partial charge is 0.494 e. The Morgan fingerprint density at radius 2 is 1.63 bits per heavy atom. The Morgan fingerprint density at radius 3 is 2.19 bits per heavy atom. The summed E-state index contributed by atoms with van der Waals surface area (Å²) in [6.07, 6.45) is 8.23. The van der Waals surface area contributed by atoms with Crippen molar-refractivity contribution < 1.29 is 19.1 Å². The Balaban J connectivity index is 1.59. The average molecular weight is 592 g/mol. The van der Waals surface area contributed by atoms with Crippen molar-refractivity contribution in [1.29, 1.82) is 0 Å². The third kappa shape index (κ3) is 8.08. The molecule has 43 heavy (non-hydrogen) atoms. The van der Waals surface area contributed by atoms with Crippen molar-refractivity contribution in [3.05, 3.63) is 144 Å². The highest BCUT2D eigenvalue weighted by atomic mass is 32.2. The van der Waals surface area contributed by atoms with E-state index in [1.165, 1.54) is 11.0 Å². The molecule has 1 aliphatic rings. The SMILES string of the molecule is C=C/C=C\C(=C/C)N1C(=O)/C(=C/c2ccc(OCC)cc2)C(=O)N=C1SCC(=O)NC(c1ccccc1)c1ccccc1. The standard InChI is InChI=1S/C35H33N3O4S/c1-4-7-18-28(5-2)38-34(41)30(23-25-19-21-29(22-20-25)42-6-3)33(40)37-35(38)43-24-31(39)36-32(26-14-10-8-11-15-26)27-16-12-9-13-17-27/h4-5,7-23,32H,1,6,24H2,2-3H3,(H,36,39)/b18-7-,28-5+,30-23+. The maximum Gasteiger partial charge on any atom is 0.285 e. The van der Waals surface area contributed by atoms with Crippen LogP contribution in [0.4, 0.5) is 0 Å². The van der Waals surface area contributed by atoms with E-state index in [0.29, 0.717) is 23.6 Å². The summed E-state index contributed by atoms with van der Waals surface area (Å²) in [6, 6.07) is 26.1. The zero-order valence-corrected chi connectivity index (χ0v) is 24.9. The number of amides is 3. The van der Waals surface area contributed by atoms with Crippen LogP contribution in [0.15, 0.2) is 132 Å². The van der Waals surface area contributed by atoms with Crippen LogP contribution in [-0.2, 0) is 14.4 Å². The molecule has 3 aromatic carbocycles. The summed E-state index contributed by atoms with van der Waals surface area (Å²) in [6.45, 7) is 7.91. The van der Waals surface area contributed by atoms with E-state index < -0.39 is 11.8 Å². The fourth-order valence-corrected chi connectivity index (χ4v) is 5.20. The van der Waals surface area contributed by atoms with Gasteiger partial charge in [-0.15, -0.1) is 0 Å². The molecule has 0 atom stereocenters. The van der Waals surface area contributed by atoms with Gasteiger partial charge in [0.05, 0.1) is 18.4 Å². The molecule has 1 heterocycles. The van der Waals surface area contributed by atoms with Gasteiger partial charge in [-0.25, -0.2) is 0 Å². The van der Waals surface area contributed by atoms with E-state index in [2.05, 4.69) is 16.9 Å². The number of rotatable bonds is 11. The van der Waals surface area contributed by atoms with Crippen LogP contribution in [-0.4, -0.2) is 40.1 Å². The van der Waals surface area contributed by atoms with E-state index in [1.54, 1.807) is 55.5 Å². The van der Waals surface area contributed by atoms with Gasteiger partial charge in [-0.1, -0.05) is 109 Å². The molecular weight excluding hydrogens is 558 g/mol. The molecule has 4 rings (SSSR count). The predicted molar refractivity (Wildman–Crippen MR) is 173 cm³/mol. The lowest BCUT2D eigenvalue weighted by molar-refractivity contribution is -0.126. The van der Waals surface area contributed by atoms with Gasteiger partial charge in [0.15, 0.2) is 5.17 Å². The smallest absolute Gasteiger partial charge is 0.285 e. The minimum Gasteiger partial charge on any atom is -0.494 e. The molecule has 0 aliphatic carbocycles. The van der Waals surface area contributed by atoms with Gasteiger partial charge >= 0.3 is 0 Å². The number of nitrogens with zero attached hydrogens (tertiary/aromatic N) is 2. The number of nitrogens with one attached hydrogen (secondary N) is 1. The van der Waals surface area contributed by atoms with E-state index in [-0.39, 0.29) is 28.4 Å². The molecule has 0 spiro atoms. The Bertz CT molecular complexity index is 1540. The van der Waals surface area contributed by atoms with Crippen molar-refractivity contribution >= 4 is 40.7 Å². The topological polar surface area (TPSA) is 88.1 Å². The van der Waals surface area contributed by atoms with Gasteiger partial charge in [0.25, 0.3) is 11.8 Å². The Labute approximate surface area is 256 Å². The van der Waals surface area contributed by atoms with Gasteiger partial charge in [-0.2, -0.15) is 4.99 Å². The van der Waals surface area contributed by atoms with E-state index in [1.807, 2.05) is 67.6 Å². The number of hydrogen-bond donors (Lipinski definition) is 1. The number of benzene rings is 3. The summed E-state index contributed by atoms with van der Waals surface area (Å²) in [7, 11) is 0. The molecule has 0 fully saturated rings. The fraction of sp³-hybridized carbons (Fsp3) is 0.143. The quantitative estimate of drug-likeness (QED) is 0.157. The van der Waals surface area contributed by atoms with Crippen LogP contribution in [0.5, 0.6) is 5.75 Å². The molecule has 3 amide bonds. The van der Waals surface area contributed by atoms with Gasteiger partial charge in [-0.3, -0.25) is 19.3 Å². The molecule has 1 aliphatic heterocycles. The zero-order valence-electron chi connectivity index (χ0n) is 24.1. The molecule has 1 N–H and O–H groups in total. The summed E-state index contributed by atoms with van der Waals surface area (Å²) in [5, 5.41) is 3.21. The molecule has 0 saturated heterocycles. The zero-order chi connectivity index (χ0) is 30.6. The molecule has 7 nitrogen and oxygen atoms in total. The molecule has 0 radical (unpaired) electrons. The van der Waals surface area contributed by atoms with Crippen molar-refractivity contribution in [2.45, 2.75) is 19.9 Å². The minimum atomic E-state index is -0.673. The van der Waals surface area contributed by atoms with Crippen LogP contribution in [0, 0.1) is 0 Å². The minimum absolute atomic E-state index is 0.0633. The second-order valence-electron chi connectivity index (χ2n) is 9.32. The molecule has 0 saturated carbocycles. The lowest BCUT2D eigenvalue weighted by atomic mass is 9.99. The average Bonchev–Trinajstić information content (AvgIpc) is 3.03. The lowest BCUT2D eigenvalue weighted by Gasteiger charge is -2.28. The van der Waals surface area contributed by atoms with Crippen LogP contribution >= 0.6 is 11.8 Å². The molecule has 0 bridgehead atoms. The third-order valence-corrected chi connectivity index (χ3v) is 7.35. The first-order valence-electron chi connectivity index (χ1n) is 13.8. The van der Waals surface area contributed by atoms with Crippen LogP contribution in [0.2, 0.25) is 0 Å². The molecule has 3 aromatic rings. The molecule has 0 aromatic heterocycles. The molecule has 218 valence electrons. The van der Waals surface area contributed by atoms with E-state index in [9.17, 15) is 14.4 Å². The van der Waals surface area contributed by atoms with Crippen molar-refractivity contribution in [2.75, 3.05) is 12.4 Å². The number of carbonyl (C=O) groups excluding carboxylic acids is 3. The van der Waals surface area contributed by atoms with Crippen LogP contribution in [0.3, 0.4) is 0 Å². The van der Waals surface area contributed by atoms with E-state index in [4.69, 9.17) is 4.74 Å². The van der Waals surface area contributed by atoms with Gasteiger partial charge in [0, 0.05) is 5.70 Å². The normalized spacial score (nSPS) is 14.8. The van der Waals surface area contributed by atoms with E-state index in [0.717, 1.165) is 22.9 Å². The molecule has 8 heteroatoms. The number of thioether (sulfide) groups is 1. The molecular formula is C35H33N3O4S. The number of carbonyl (C=O) groups is 3. The summed E-state index contributed by atoms with van der Waals surface area (Å²) in [4.78, 5) is 45.8. The Morgan fingerprint density at radius 1 is 1.00 bits per heavy atom. The third-order valence-electron chi connectivity index (χ3n) is 6.42. The number of ether oxygens (including phenoxy) is 1. The highest BCUT2D eigenvalue weighted by Gasteiger charge is 2.35. The first kappa shape index (κ1) is 31.0. The van der Waals surface area contributed by atoms with Gasteiger partial charge in [0.1, 0.15) is 11.3 Å². The second kappa shape index (κ2) is 15.3. The van der Waals surface area contributed by atoms with Crippen molar-refractivity contribution in [3.8, 4) is 5.75 Å². The summed E-state index contributed by atoms with van der Waals surface area (Å²) in [5.74, 6) is -0.857. The van der Waals surface area contributed by atoms with Gasteiger partial charge < -0.3 is 10.1 Å². The number of allylic oxidation sites excluding steroid dienone is 4. The predicted octanol–water partition coefficient (Wildman–Crippen LogP) is 6.48. The van der Waals surface area contributed by atoms with Crippen molar-refractivity contribution in [1.82, 2.24) is 10.2 Å². The maximum absolute atomic E-state index is 13.8. The van der Waals surface area contributed by atoms with E-state index >= 15 is 0 Å². The summed E-state index contributed by atoms with van der Waals surface area (Å²) in [5.41, 5.74) is 2.93. The lowest BCUT2D eigenvalue weighted by Crippen LogP contribution is -2.42. The number of hydrogen-bond acceptors (Lipinski definition) is 5. The fourth-order valence-electron chi connectivity index (χ4n) is 4.39. The van der Waals surface area contributed by atoms with Crippen LogP contribution < -0.4 is 10.1 Å². The Hall–Kier alpha value is -4.95. The van der Waals surface area contributed by atoms with Gasteiger partial charge in [0.2, 0.25) is 5.91 Å². The molecule has 0 unspecified atom stereocenters. The highest BCUT2D eigenvalue weighted by molar-refractivity contribution is 8.14. The first-order valence-corrected chi connectivity index (χ1v) is 14.8. The van der Waals surface area contributed by atoms with Crippen molar-refractivity contribution in [2.24, 2.45) is 4.99 Å². The van der Waals surface area contributed by atoms with Crippen LogP contribution in [0.1, 0.15) is 36.6 Å². The number of amidine groups is 1. The van der Waals surface area contributed by atoms with Crippen LogP contribution in [0.25, 0.3) is 6.08 Å². The summed E-state index contributed by atoms with van der Waals surface area (Å²) >= 11 is 1.02. The Kier molecular flexibility index (Phi) is 11.0. The summed E-state index contributed by atoms with van der Waals surface area (Å²) < 4.78 is 5.48. The monoisotopic (exact) mass is 591 g/mol. The second-order valence-corrected chi connectivity index (χ2v) is 10.3. The maximum atomic E-state index is 13.8. The van der Waals surface area contributed by atoms with Gasteiger partial charge in [-0.05, 0) is 54.8 Å². The first-order chi connectivity index (χ1) is 20.9. The highest BCUT2D eigenvalue weighted by Crippen LogP contribution is 2.27. The number of aliphatic imine (C=N–C) groups is 1. The van der Waals surface area contributed by atoms with Crippen molar-refractivity contribution in [3.63, 3.8) is 0 Å².